The molecule has 15 heavy (non-hydrogen) atoms. The Balaban J connectivity index is 1.95. The zero-order chi connectivity index (χ0) is 10.5. The fourth-order valence-corrected chi connectivity index (χ4v) is 2.53. The van der Waals surface area contributed by atoms with Crippen molar-refractivity contribution in [2.24, 2.45) is 0 Å². The molecule has 1 aromatic carbocycles. The van der Waals surface area contributed by atoms with Gasteiger partial charge in [-0.05, 0) is 38.2 Å². The molecule has 0 unspecified atom stereocenters. The molecule has 82 valence electrons. The Morgan fingerprint density at radius 3 is 3.07 bits per heavy atom. The summed E-state index contributed by atoms with van der Waals surface area (Å²) in [6.07, 6.45) is 6.91. The Bertz CT molecular complexity index is 298. The van der Waals surface area contributed by atoms with Gasteiger partial charge in [0.15, 0.2) is 0 Å². The summed E-state index contributed by atoms with van der Waals surface area (Å²) >= 11 is 0. The van der Waals surface area contributed by atoms with Gasteiger partial charge in [-0.25, -0.2) is 0 Å². The Kier molecular flexibility index (Phi) is 3.79. The zero-order valence-electron chi connectivity index (χ0n) is 9.71. The second-order valence-corrected chi connectivity index (χ2v) is 4.83. The third-order valence-corrected chi connectivity index (χ3v) is 3.36. The highest BCUT2D eigenvalue weighted by molar-refractivity contribution is 5.22. The van der Waals surface area contributed by atoms with Gasteiger partial charge in [0.1, 0.15) is 0 Å². The molecule has 1 heteroatoms. The van der Waals surface area contributed by atoms with E-state index in [2.05, 4.69) is 36.5 Å². The topological polar surface area (TPSA) is 16.6 Å². The van der Waals surface area contributed by atoms with Gasteiger partial charge < -0.3 is 5.32 Å². The summed E-state index contributed by atoms with van der Waals surface area (Å²) < 4.78 is 0. The molecule has 0 radical (unpaired) electrons. The Labute approximate surface area is 92.9 Å². The maximum absolute atomic E-state index is 2.55. The van der Waals surface area contributed by atoms with Crippen LogP contribution in [0.4, 0.5) is 0 Å². The summed E-state index contributed by atoms with van der Waals surface area (Å²) in [6.45, 7) is 3.51. The van der Waals surface area contributed by atoms with Gasteiger partial charge in [-0.2, -0.15) is 0 Å². The SMILES string of the molecule is Cc1cccc(C[C@H]2CCCCC[NH2+]2)c1. The number of nitrogens with two attached hydrogens (primary N) is 1. The normalized spacial score (nSPS) is 22.3. The predicted octanol–water partition coefficient (Wildman–Crippen LogP) is 2.04. The van der Waals surface area contributed by atoms with Crippen molar-refractivity contribution in [1.82, 2.24) is 0 Å². The first-order valence-electron chi connectivity index (χ1n) is 6.23. The number of rotatable bonds is 2. The lowest BCUT2D eigenvalue weighted by Crippen LogP contribution is -2.90. The van der Waals surface area contributed by atoms with Gasteiger partial charge >= 0.3 is 0 Å². The lowest BCUT2D eigenvalue weighted by Gasteiger charge is -2.12. The third kappa shape index (κ3) is 3.35. The van der Waals surface area contributed by atoms with Crippen molar-refractivity contribution in [2.45, 2.75) is 45.1 Å². The second kappa shape index (κ2) is 5.32. The van der Waals surface area contributed by atoms with Crippen molar-refractivity contribution in [1.29, 1.82) is 0 Å². The Hall–Kier alpha value is -0.820. The fraction of sp³-hybridized carbons (Fsp3) is 0.571. The molecule has 0 aromatic heterocycles. The highest BCUT2D eigenvalue weighted by Gasteiger charge is 2.15. The van der Waals surface area contributed by atoms with Crippen LogP contribution in [0.2, 0.25) is 0 Å². The molecule has 1 aromatic rings. The minimum atomic E-state index is 0.828. The molecule has 1 aliphatic rings. The van der Waals surface area contributed by atoms with Gasteiger partial charge in [0.05, 0.1) is 12.6 Å². The van der Waals surface area contributed by atoms with E-state index in [1.54, 1.807) is 0 Å². The smallest absolute Gasteiger partial charge is 0.0899 e. The summed E-state index contributed by atoms with van der Waals surface area (Å²) in [7, 11) is 0. The zero-order valence-corrected chi connectivity index (χ0v) is 9.71. The molecule has 0 saturated carbocycles. The van der Waals surface area contributed by atoms with Gasteiger partial charge in [-0.1, -0.05) is 29.8 Å². The average Bonchev–Trinajstić information content (AvgIpc) is 2.46. The van der Waals surface area contributed by atoms with Crippen molar-refractivity contribution in [3.8, 4) is 0 Å². The highest BCUT2D eigenvalue weighted by atomic mass is 14.9. The molecule has 1 fully saturated rings. The lowest BCUT2D eigenvalue weighted by molar-refractivity contribution is -0.687. The van der Waals surface area contributed by atoms with Crippen LogP contribution in [0.5, 0.6) is 0 Å². The van der Waals surface area contributed by atoms with E-state index in [-0.39, 0.29) is 0 Å². The van der Waals surface area contributed by atoms with Crippen LogP contribution in [0, 0.1) is 6.92 Å². The van der Waals surface area contributed by atoms with E-state index in [1.165, 1.54) is 49.8 Å². The van der Waals surface area contributed by atoms with E-state index in [0.29, 0.717) is 0 Å². The Morgan fingerprint density at radius 2 is 2.20 bits per heavy atom. The molecular weight excluding hydrogens is 182 g/mol. The monoisotopic (exact) mass is 204 g/mol. The maximum atomic E-state index is 2.55. The van der Waals surface area contributed by atoms with Crippen LogP contribution in [0.15, 0.2) is 24.3 Å². The first-order chi connectivity index (χ1) is 7.34. The van der Waals surface area contributed by atoms with E-state index in [9.17, 15) is 0 Å². The molecular formula is C14H22N+. The minimum absolute atomic E-state index is 0.828. The fourth-order valence-electron chi connectivity index (χ4n) is 2.53. The standard InChI is InChI=1S/C14H21N/c1-12-6-5-7-13(10-12)11-14-8-3-2-4-9-15-14/h5-7,10,14-15H,2-4,8-9,11H2,1H3/p+1/t14-/m1/s1. The van der Waals surface area contributed by atoms with Gasteiger partial charge in [0.2, 0.25) is 0 Å². The molecule has 1 aliphatic heterocycles. The minimum Gasteiger partial charge on any atom is -0.344 e. The number of quaternary nitrogens is 1. The number of benzene rings is 1. The Morgan fingerprint density at radius 1 is 1.27 bits per heavy atom. The van der Waals surface area contributed by atoms with Gasteiger partial charge in [-0.3, -0.25) is 0 Å². The average molecular weight is 204 g/mol. The van der Waals surface area contributed by atoms with E-state index in [4.69, 9.17) is 0 Å². The molecule has 0 bridgehead atoms. The van der Waals surface area contributed by atoms with Gasteiger partial charge in [0.25, 0.3) is 0 Å². The van der Waals surface area contributed by atoms with E-state index >= 15 is 0 Å². The second-order valence-electron chi connectivity index (χ2n) is 4.83. The first kappa shape index (κ1) is 10.7. The lowest BCUT2D eigenvalue weighted by atomic mass is 10.0. The summed E-state index contributed by atoms with van der Waals surface area (Å²) in [4.78, 5) is 0. The quantitative estimate of drug-likeness (QED) is 0.759. The maximum Gasteiger partial charge on any atom is 0.0899 e. The van der Waals surface area contributed by atoms with Crippen molar-refractivity contribution in [3.63, 3.8) is 0 Å². The number of hydrogen-bond acceptors (Lipinski definition) is 0. The molecule has 1 heterocycles. The number of aryl methyl sites for hydroxylation is 1. The first-order valence-corrected chi connectivity index (χ1v) is 6.23. The summed E-state index contributed by atoms with van der Waals surface area (Å²) in [5, 5.41) is 2.55. The van der Waals surface area contributed by atoms with E-state index in [1.807, 2.05) is 0 Å². The molecule has 2 rings (SSSR count). The summed E-state index contributed by atoms with van der Waals surface area (Å²) in [6, 6.07) is 9.79. The molecule has 0 amide bonds. The van der Waals surface area contributed by atoms with Crippen LogP contribution in [-0.4, -0.2) is 12.6 Å². The summed E-state index contributed by atoms with van der Waals surface area (Å²) in [5.74, 6) is 0. The number of hydrogen-bond donors (Lipinski definition) is 1. The van der Waals surface area contributed by atoms with Crippen LogP contribution >= 0.6 is 0 Å². The van der Waals surface area contributed by atoms with Crippen LogP contribution in [0.25, 0.3) is 0 Å². The largest absolute Gasteiger partial charge is 0.344 e. The summed E-state index contributed by atoms with van der Waals surface area (Å²) in [5.41, 5.74) is 2.90. The van der Waals surface area contributed by atoms with E-state index < -0.39 is 0 Å². The molecule has 2 N–H and O–H groups in total. The molecule has 0 spiro atoms. The molecule has 0 aliphatic carbocycles. The van der Waals surface area contributed by atoms with Crippen molar-refractivity contribution in [3.05, 3.63) is 35.4 Å². The highest BCUT2D eigenvalue weighted by Crippen LogP contribution is 2.10. The van der Waals surface area contributed by atoms with Gasteiger partial charge in [0, 0.05) is 6.42 Å². The van der Waals surface area contributed by atoms with Gasteiger partial charge in [-0.15, -0.1) is 0 Å². The van der Waals surface area contributed by atoms with Crippen LogP contribution in [0.1, 0.15) is 36.8 Å². The molecule has 1 nitrogen and oxygen atoms in total. The van der Waals surface area contributed by atoms with Crippen LogP contribution in [-0.2, 0) is 6.42 Å². The van der Waals surface area contributed by atoms with Crippen molar-refractivity contribution < 1.29 is 5.32 Å². The third-order valence-electron chi connectivity index (χ3n) is 3.36. The van der Waals surface area contributed by atoms with Crippen LogP contribution in [0.3, 0.4) is 0 Å². The molecule has 1 atom stereocenters. The van der Waals surface area contributed by atoms with Crippen molar-refractivity contribution >= 4 is 0 Å². The van der Waals surface area contributed by atoms with Crippen LogP contribution < -0.4 is 5.32 Å². The molecule has 1 saturated heterocycles. The van der Waals surface area contributed by atoms with Crippen molar-refractivity contribution in [2.75, 3.05) is 6.54 Å². The predicted molar refractivity (Wildman–Crippen MR) is 63.9 cm³/mol. The van der Waals surface area contributed by atoms with E-state index in [0.717, 1.165) is 6.04 Å².